The third-order valence-electron chi connectivity index (χ3n) is 5.81. The SMILES string of the molecule is COc1ccc(-c2oc3ccc(Cl)cc3c(=O)c2OCc2cc([N+](=O)[O-])cc3c2OCOC3)cc1OC. The Bertz CT molecular complexity index is 1580. The van der Waals surface area contributed by atoms with Crippen molar-refractivity contribution >= 4 is 28.3 Å². The Balaban J connectivity index is 1.64. The Hall–Kier alpha value is -4.28. The summed E-state index contributed by atoms with van der Waals surface area (Å²) in [5.74, 6) is 1.37. The number of benzene rings is 3. The number of fused-ring (bicyclic) bond motifs is 2. The Labute approximate surface area is 215 Å². The second-order valence-electron chi connectivity index (χ2n) is 8.05. The van der Waals surface area contributed by atoms with Crippen LogP contribution in [-0.4, -0.2) is 25.9 Å². The molecule has 4 aromatic rings. The Morgan fingerprint density at radius 2 is 1.86 bits per heavy atom. The largest absolute Gasteiger partial charge is 0.493 e. The van der Waals surface area contributed by atoms with E-state index in [2.05, 4.69) is 0 Å². The van der Waals surface area contributed by atoms with Gasteiger partial charge in [0.2, 0.25) is 11.2 Å². The van der Waals surface area contributed by atoms with E-state index in [1.807, 2.05) is 0 Å². The molecule has 10 nitrogen and oxygen atoms in total. The fraction of sp³-hybridized carbons (Fsp3) is 0.192. The standard InChI is InChI=1S/C26H20ClNO9/c1-32-21-5-3-14(9-22(21)33-2)25-26(23(29)19-10-17(27)4-6-20(19)37-25)35-12-16-8-18(28(30)31)7-15-11-34-13-36-24(15)16/h3-10H,11-13H2,1-2H3. The molecule has 3 aromatic carbocycles. The number of non-ortho nitro benzene ring substituents is 1. The highest BCUT2D eigenvalue weighted by Gasteiger charge is 2.24. The first kappa shape index (κ1) is 24.4. The van der Waals surface area contributed by atoms with E-state index in [0.29, 0.717) is 44.5 Å². The average Bonchev–Trinajstić information content (AvgIpc) is 2.92. The maximum absolute atomic E-state index is 13.6. The van der Waals surface area contributed by atoms with Crippen molar-refractivity contribution in [1.29, 1.82) is 0 Å². The molecule has 190 valence electrons. The van der Waals surface area contributed by atoms with E-state index < -0.39 is 10.4 Å². The summed E-state index contributed by atoms with van der Waals surface area (Å²) in [5, 5.41) is 12.1. The molecule has 0 bridgehead atoms. The predicted octanol–water partition coefficient (Wildman–Crippen LogP) is 5.48. The fourth-order valence-corrected chi connectivity index (χ4v) is 4.26. The molecular formula is C26H20ClNO9. The number of nitro benzene ring substituents is 1. The van der Waals surface area contributed by atoms with Crippen LogP contribution in [0.5, 0.6) is 23.0 Å². The highest BCUT2D eigenvalue weighted by Crippen LogP contribution is 2.38. The molecule has 0 aliphatic carbocycles. The normalized spacial score (nSPS) is 12.5. The second kappa shape index (κ2) is 10.00. The molecular weight excluding hydrogens is 506 g/mol. The smallest absolute Gasteiger partial charge is 0.270 e. The van der Waals surface area contributed by atoms with Gasteiger partial charge in [0.15, 0.2) is 24.1 Å². The summed E-state index contributed by atoms with van der Waals surface area (Å²) in [6, 6.07) is 12.5. The lowest BCUT2D eigenvalue weighted by Gasteiger charge is -2.21. The van der Waals surface area contributed by atoms with Gasteiger partial charge in [0.25, 0.3) is 5.69 Å². The molecule has 0 N–H and O–H groups in total. The first-order chi connectivity index (χ1) is 17.9. The lowest BCUT2D eigenvalue weighted by Crippen LogP contribution is -2.16. The van der Waals surface area contributed by atoms with Crippen molar-refractivity contribution in [2.45, 2.75) is 13.2 Å². The van der Waals surface area contributed by atoms with Gasteiger partial charge in [-0.25, -0.2) is 0 Å². The van der Waals surface area contributed by atoms with Crippen molar-refractivity contribution in [3.05, 3.63) is 85.0 Å². The van der Waals surface area contributed by atoms with Gasteiger partial charge in [-0.3, -0.25) is 14.9 Å². The Morgan fingerprint density at radius 3 is 2.62 bits per heavy atom. The summed E-state index contributed by atoms with van der Waals surface area (Å²) >= 11 is 6.13. The third kappa shape index (κ3) is 4.64. The summed E-state index contributed by atoms with van der Waals surface area (Å²) in [4.78, 5) is 24.5. The monoisotopic (exact) mass is 525 g/mol. The zero-order valence-corrected chi connectivity index (χ0v) is 20.5. The van der Waals surface area contributed by atoms with Crippen LogP contribution in [0.2, 0.25) is 5.02 Å². The van der Waals surface area contributed by atoms with E-state index in [4.69, 9.17) is 39.7 Å². The van der Waals surface area contributed by atoms with Crippen LogP contribution in [0.3, 0.4) is 0 Å². The number of methoxy groups -OCH3 is 2. The minimum absolute atomic E-state index is 0.00861. The van der Waals surface area contributed by atoms with E-state index in [0.717, 1.165) is 0 Å². The highest BCUT2D eigenvalue weighted by molar-refractivity contribution is 6.31. The Morgan fingerprint density at radius 1 is 1.05 bits per heavy atom. The molecule has 1 aromatic heterocycles. The van der Waals surface area contributed by atoms with Crippen molar-refractivity contribution in [3.63, 3.8) is 0 Å². The summed E-state index contributed by atoms with van der Waals surface area (Å²) in [6.07, 6.45) is 0. The molecule has 0 radical (unpaired) electrons. The van der Waals surface area contributed by atoms with Gasteiger partial charge in [-0.15, -0.1) is 0 Å². The molecule has 0 saturated heterocycles. The van der Waals surface area contributed by atoms with E-state index in [-0.39, 0.29) is 42.6 Å². The molecule has 0 saturated carbocycles. The number of ether oxygens (including phenoxy) is 5. The molecule has 1 aliphatic heterocycles. The van der Waals surface area contributed by atoms with Crippen molar-refractivity contribution in [3.8, 4) is 34.3 Å². The van der Waals surface area contributed by atoms with E-state index in [1.165, 1.54) is 32.4 Å². The number of hydrogen-bond donors (Lipinski definition) is 0. The van der Waals surface area contributed by atoms with Gasteiger partial charge in [0.05, 0.1) is 31.1 Å². The van der Waals surface area contributed by atoms with E-state index >= 15 is 0 Å². The maximum atomic E-state index is 13.6. The molecule has 37 heavy (non-hydrogen) atoms. The molecule has 0 unspecified atom stereocenters. The van der Waals surface area contributed by atoms with Crippen LogP contribution in [0.25, 0.3) is 22.3 Å². The van der Waals surface area contributed by atoms with Crippen molar-refractivity contribution in [1.82, 2.24) is 0 Å². The molecule has 1 aliphatic rings. The Kier molecular flexibility index (Phi) is 6.60. The van der Waals surface area contributed by atoms with E-state index in [9.17, 15) is 14.9 Å². The van der Waals surface area contributed by atoms with Crippen LogP contribution in [0.1, 0.15) is 11.1 Å². The fourth-order valence-electron chi connectivity index (χ4n) is 4.09. The number of hydrogen-bond acceptors (Lipinski definition) is 9. The maximum Gasteiger partial charge on any atom is 0.270 e. The summed E-state index contributed by atoms with van der Waals surface area (Å²) in [5.41, 5.74) is 1.08. The quantitative estimate of drug-likeness (QED) is 0.228. The molecule has 0 amide bonds. The minimum atomic E-state index is -0.514. The first-order valence-corrected chi connectivity index (χ1v) is 11.4. The van der Waals surface area contributed by atoms with Gasteiger partial charge in [0, 0.05) is 33.8 Å². The van der Waals surface area contributed by atoms with Crippen LogP contribution < -0.4 is 24.4 Å². The van der Waals surface area contributed by atoms with Gasteiger partial charge < -0.3 is 28.1 Å². The average molecular weight is 526 g/mol. The second-order valence-corrected chi connectivity index (χ2v) is 8.49. The summed E-state index contributed by atoms with van der Waals surface area (Å²) < 4.78 is 33.7. The third-order valence-corrected chi connectivity index (χ3v) is 6.05. The lowest BCUT2D eigenvalue weighted by molar-refractivity contribution is -0.385. The number of rotatable bonds is 7. The van der Waals surface area contributed by atoms with E-state index in [1.54, 1.807) is 30.3 Å². The summed E-state index contributed by atoms with van der Waals surface area (Å²) in [7, 11) is 3.01. The number of halogens is 1. The summed E-state index contributed by atoms with van der Waals surface area (Å²) in [6.45, 7) is -0.0655. The molecule has 5 rings (SSSR count). The van der Waals surface area contributed by atoms with Crippen LogP contribution in [0, 0.1) is 10.1 Å². The topological polar surface area (TPSA) is 120 Å². The van der Waals surface area contributed by atoms with Crippen LogP contribution in [0.15, 0.2) is 57.7 Å². The van der Waals surface area contributed by atoms with Gasteiger partial charge in [-0.05, 0) is 36.4 Å². The van der Waals surface area contributed by atoms with Gasteiger partial charge in [-0.1, -0.05) is 11.6 Å². The zero-order valence-electron chi connectivity index (χ0n) is 19.7. The molecule has 0 spiro atoms. The van der Waals surface area contributed by atoms with Crippen LogP contribution >= 0.6 is 11.6 Å². The van der Waals surface area contributed by atoms with Crippen molar-refractivity contribution in [2.24, 2.45) is 0 Å². The van der Waals surface area contributed by atoms with Crippen molar-refractivity contribution in [2.75, 3.05) is 21.0 Å². The van der Waals surface area contributed by atoms with Gasteiger partial charge in [-0.2, -0.15) is 0 Å². The minimum Gasteiger partial charge on any atom is -0.493 e. The lowest BCUT2D eigenvalue weighted by atomic mass is 10.1. The molecule has 2 heterocycles. The highest BCUT2D eigenvalue weighted by atomic mass is 35.5. The van der Waals surface area contributed by atoms with Crippen LogP contribution in [-0.2, 0) is 18.0 Å². The molecule has 0 fully saturated rings. The molecule has 11 heteroatoms. The van der Waals surface area contributed by atoms with Gasteiger partial charge in [0.1, 0.15) is 17.9 Å². The number of nitro groups is 1. The first-order valence-electron chi connectivity index (χ1n) is 11.0. The zero-order chi connectivity index (χ0) is 26.1. The van der Waals surface area contributed by atoms with Crippen molar-refractivity contribution < 1.29 is 33.0 Å². The number of nitrogens with zero attached hydrogens (tertiary/aromatic N) is 1. The van der Waals surface area contributed by atoms with Gasteiger partial charge >= 0.3 is 0 Å². The molecule has 0 atom stereocenters. The predicted molar refractivity (Wildman–Crippen MR) is 134 cm³/mol. The van der Waals surface area contributed by atoms with Crippen LogP contribution in [0.4, 0.5) is 5.69 Å².